The third-order valence-corrected chi connectivity index (χ3v) is 5.35. The Labute approximate surface area is 147 Å². The summed E-state index contributed by atoms with van der Waals surface area (Å²) in [5.74, 6) is 2.14. The van der Waals surface area contributed by atoms with E-state index in [-0.39, 0.29) is 11.9 Å². The lowest BCUT2D eigenvalue weighted by Crippen LogP contribution is -2.47. The first-order valence-corrected chi connectivity index (χ1v) is 8.76. The summed E-state index contributed by atoms with van der Waals surface area (Å²) in [6, 6.07) is 11.7. The highest BCUT2D eigenvalue weighted by Gasteiger charge is 2.48. The average molecular weight is 338 g/mol. The van der Waals surface area contributed by atoms with Gasteiger partial charge >= 0.3 is 0 Å². The molecule has 2 aliphatic rings. The second-order valence-electron chi connectivity index (χ2n) is 6.74. The number of carbonyl (C=O) groups excluding carboxylic acids is 1. The summed E-state index contributed by atoms with van der Waals surface area (Å²) in [6.07, 6.45) is 6.68. The van der Waals surface area contributed by atoms with Crippen LogP contribution in [-0.4, -0.2) is 41.6 Å². The molecule has 1 aromatic carbocycles. The van der Waals surface area contributed by atoms with Crippen LogP contribution in [0.4, 0.5) is 0 Å². The van der Waals surface area contributed by atoms with Gasteiger partial charge in [0.15, 0.2) is 0 Å². The molecular weight excluding hydrogens is 316 g/mol. The van der Waals surface area contributed by atoms with Crippen LogP contribution < -0.4 is 9.47 Å². The highest BCUT2D eigenvalue weighted by atomic mass is 16.5. The van der Waals surface area contributed by atoms with Crippen LogP contribution in [0.15, 0.2) is 48.8 Å². The molecular formula is C20H22N2O3. The van der Waals surface area contributed by atoms with Crippen molar-refractivity contribution in [1.29, 1.82) is 0 Å². The molecule has 0 unspecified atom stereocenters. The van der Waals surface area contributed by atoms with Crippen LogP contribution in [0.1, 0.15) is 29.6 Å². The fraction of sp³-hybridized carbons (Fsp3) is 0.400. The number of hydrogen-bond donors (Lipinski definition) is 0. The number of methoxy groups -OCH3 is 1. The number of hydrogen-bond acceptors (Lipinski definition) is 4. The number of aromatic nitrogens is 1. The van der Waals surface area contributed by atoms with Gasteiger partial charge in [-0.05, 0) is 49.4 Å². The number of piperidine rings is 1. The molecule has 1 amide bonds. The lowest BCUT2D eigenvalue weighted by atomic mass is 9.99. The van der Waals surface area contributed by atoms with Gasteiger partial charge in [0.25, 0.3) is 5.91 Å². The number of carbonyl (C=O) groups is 1. The first-order valence-electron chi connectivity index (χ1n) is 8.76. The molecule has 4 rings (SSSR count). The van der Waals surface area contributed by atoms with Gasteiger partial charge in [-0.3, -0.25) is 9.78 Å². The zero-order chi connectivity index (χ0) is 17.2. The van der Waals surface area contributed by atoms with E-state index in [1.54, 1.807) is 19.5 Å². The van der Waals surface area contributed by atoms with Crippen molar-refractivity contribution in [2.45, 2.75) is 31.3 Å². The highest BCUT2D eigenvalue weighted by Crippen LogP contribution is 2.43. The molecule has 0 N–H and O–H groups in total. The van der Waals surface area contributed by atoms with E-state index in [1.807, 2.05) is 41.3 Å². The van der Waals surface area contributed by atoms with E-state index in [4.69, 9.17) is 9.47 Å². The second kappa shape index (κ2) is 6.75. The number of benzene rings is 1. The van der Waals surface area contributed by atoms with Crippen molar-refractivity contribution in [3.05, 3.63) is 54.4 Å². The van der Waals surface area contributed by atoms with Gasteiger partial charge < -0.3 is 14.4 Å². The van der Waals surface area contributed by atoms with Crippen LogP contribution in [0.25, 0.3) is 0 Å². The van der Waals surface area contributed by atoms with Gasteiger partial charge in [0, 0.05) is 24.5 Å². The number of rotatable bonds is 5. The molecule has 0 spiro atoms. The summed E-state index contributed by atoms with van der Waals surface area (Å²) in [5.41, 5.74) is 0.654. The summed E-state index contributed by atoms with van der Waals surface area (Å²) in [4.78, 5) is 19.1. The largest absolute Gasteiger partial charge is 0.497 e. The van der Waals surface area contributed by atoms with Crippen LogP contribution in [0, 0.1) is 5.92 Å². The maximum atomic E-state index is 13.0. The van der Waals surface area contributed by atoms with Crippen molar-refractivity contribution in [2.75, 3.05) is 13.7 Å². The van der Waals surface area contributed by atoms with Crippen molar-refractivity contribution >= 4 is 5.91 Å². The number of ether oxygens (including phenoxy) is 2. The zero-order valence-corrected chi connectivity index (χ0v) is 14.3. The van der Waals surface area contributed by atoms with Crippen molar-refractivity contribution in [3.8, 4) is 11.5 Å². The second-order valence-corrected chi connectivity index (χ2v) is 6.74. The topological polar surface area (TPSA) is 51.7 Å². The van der Waals surface area contributed by atoms with E-state index in [1.165, 1.54) is 6.42 Å². The smallest absolute Gasteiger partial charge is 0.256 e. The molecule has 25 heavy (non-hydrogen) atoms. The molecule has 1 aliphatic heterocycles. The normalized spacial score (nSPS) is 24.4. The molecule has 5 heteroatoms. The SMILES string of the molecule is COc1cccc(OC[C@H]2[C@H]3CC[C@@H](C3)N2C(=O)c2cccnc2)c1. The number of likely N-dealkylation sites (tertiary alicyclic amines) is 1. The van der Waals surface area contributed by atoms with Crippen molar-refractivity contribution in [3.63, 3.8) is 0 Å². The van der Waals surface area contributed by atoms with Gasteiger partial charge in [0.2, 0.25) is 0 Å². The molecule has 3 atom stereocenters. The van der Waals surface area contributed by atoms with E-state index in [2.05, 4.69) is 4.98 Å². The first-order chi connectivity index (χ1) is 12.3. The van der Waals surface area contributed by atoms with Gasteiger partial charge in [-0.1, -0.05) is 6.07 Å². The maximum absolute atomic E-state index is 13.0. The minimum Gasteiger partial charge on any atom is -0.497 e. The van der Waals surface area contributed by atoms with Crippen LogP contribution >= 0.6 is 0 Å². The summed E-state index contributed by atoms with van der Waals surface area (Å²) in [6.45, 7) is 0.514. The number of fused-ring (bicyclic) bond motifs is 2. The predicted molar refractivity (Wildman–Crippen MR) is 93.8 cm³/mol. The number of nitrogens with zero attached hydrogens (tertiary/aromatic N) is 2. The minimum atomic E-state index is 0.0690. The van der Waals surface area contributed by atoms with Gasteiger partial charge in [0.05, 0.1) is 18.7 Å². The predicted octanol–water partition coefficient (Wildman–Crippen LogP) is 3.16. The quantitative estimate of drug-likeness (QED) is 0.840. The lowest BCUT2D eigenvalue weighted by molar-refractivity contribution is 0.0505. The Balaban J connectivity index is 1.50. The molecule has 1 aromatic heterocycles. The van der Waals surface area contributed by atoms with E-state index in [9.17, 15) is 4.79 Å². The van der Waals surface area contributed by atoms with Gasteiger partial charge in [-0.15, -0.1) is 0 Å². The molecule has 2 aromatic rings. The van der Waals surface area contributed by atoms with E-state index >= 15 is 0 Å². The maximum Gasteiger partial charge on any atom is 0.256 e. The average Bonchev–Trinajstić information content (AvgIpc) is 3.28. The molecule has 2 bridgehead atoms. The Morgan fingerprint density at radius 2 is 2.12 bits per heavy atom. The number of pyridine rings is 1. The minimum absolute atomic E-state index is 0.0690. The van der Waals surface area contributed by atoms with E-state index < -0.39 is 0 Å². The molecule has 2 fully saturated rings. The molecule has 2 heterocycles. The Hall–Kier alpha value is -2.56. The van der Waals surface area contributed by atoms with Gasteiger partial charge in [-0.2, -0.15) is 0 Å². The lowest BCUT2D eigenvalue weighted by Gasteiger charge is -2.35. The molecule has 1 aliphatic carbocycles. The Morgan fingerprint density at radius 1 is 1.24 bits per heavy atom. The Bertz CT molecular complexity index is 750. The molecule has 0 radical (unpaired) electrons. The number of amides is 1. The molecule has 1 saturated carbocycles. The van der Waals surface area contributed by atoms with Crippen molar-refractivity contribution in [1.82, 2.24) is 9.88 Å². The first kappa shape index (κ1) is 15.9. The van der Waals surface area contributed by atoms with E-state index in [0.717, 1.165) is 24.3 Å². The van der Waals surface area contributed by atoms with Crippen LogP contribution in [0.5, 0.6) is 11.5 Å². The van der Waals surface area contributed by atoms with E-state index in [0.29, 0.717) is 24.1 Å². The van der Waals surface area contributed by atoms with Crippen LogP contribution in [0.3, 0.4) is 0 Å². The van der Waals surface area contributed by atoms with Crippen LogP contribution in [0.2, 0.25) is 0 Å². The van der Waals surface area contributed by atoms with Crippen molar-refractivity contribution in [2.24, 2.45) is 5.92 Å². The molecule has 1 saturated heterocycles. The van der Waals surface area contributed by atoms with Crippen LogP contribution in [-0.2, 0) is 0 Å². The van der Waals surface area contributed by atoms with Crippen molar-refractivity contribution < 1.29 is 14.3 Å². The fourth-order valence-electron chi connectivity index (χ4n) is 4.14. The molecule has 130 valence electrons. The third kappa shape index (κ3) is 3.06. The summed E-state index contributed by atoms with van der Waals surface area (Å²) < 4.78 is 11.3. The highest BCUT2D eigenvalue weighted by molar-refractivity contribution is 5.94. The van der Waals surface area contributed by atoms with Gasteiger partial charge in [-0.25, -0.2) is 0 Å². The summed E-state index contributed by atoms with van der Waals surface area (Å²) in [5, 5.41) is 0. The van der Waals surface area contributed by atoms with Gasteiger partial charge in [0.1, 0.15) is 18.1 Å². The zero-order valence-electron chi connectivity index (χ0n) is 14.3. The fourth-order valence-corrected chi connectivity index (χ4v) is 4.14. The monoisotopic (exact) mass is 338 g/mol. The summed E-state index contributed by atoms with van der Waals surface area (Å²) >= 11 is 0. The standard InChI is InChI=1S/C20H22N2O3/c1-24-17-5-2-6-18(11-17)25-13-19-14-7-8-16(10-14)22(19)20(23)15-4-3-9-21-12-15/h2-6,9,11-12,14,16,19H,7-8,10,13H2,1H3/t14-,16-,19-/m0/s1. The summed E-state index contributed by atoms with van der Waals surface area (Å²) in [7, 11) is 1.64. The Morgan fingerprint density at radius 3 is 2.92 bits per heavy atom. The molecule has 5 nitrogen and oxygen atoms in total. The third-order valence-electron chi connectivity index (χ3n) is 5.35. The Kier molecular flexibility index (Phi) is 4.30.